The number of hydrogen-bond donors (Lipinski definition) is 0. The van der Waals surface area contributed by atoms with Gasteiger partial charge in [0.05, 0.1) is 10.6 Å². The maximum Gasteiger partial charge on any atom is 0.243 e. The lowest BCUT2D eigenvalue weighted by molar-refractivity contribution is -0.123. The van der Waals surface area contributed by atoms with Gasteiger partial charge in [0.2, 0.25) is 15.9 Å². The Morgan fingerprint density at radius 1 is 1.03 bits per heavy atom. The van der Waals surface area contributed by atoms with Crippen molar-refractivity contribution in [3.8, 4) is 0 Å². The van der Waals surface area contributed by atoms with E-state index in [0.717, 1.165) is 6.07 Å². The summed E-state index contributed by atoms with van der Waals surface area (Å²) in [7, 11) is -3.79. The van der Waals surface area contributed by atoms with Crippen LogP contribution in [0.4, 0.5) is 14.5 Å². The minimum atomic E-state index is -3.79. The topological polar surface area (TPSA) is 74.8 Å². The number of sulfonamides is 1. The van der Waals surface area contributed by atoms with Gasteiger partial charge >= 0.3 is 0 Å². The van der Waals surface area contributed by atoms with Gasteiger partial charge in [0.15, 0.2) is 5.78 Å². The predicted octanol–water partition coefficient (Wildman–Crippen LogP) is 3.16. The summed E-state index contributed by atoms with van der Waals surface area (Å²) in [5, 5.41) is 0. The lowest BCUT2D eigenvalue weighted by Gasteiger charge is -2.32. The molecule has 2 aromatic rings. The third-order valence-corrected chi connectivity index (χ3v) is 7.86. The Hall–Kier alpha value is -2.65. The number of benzene rings is 2. The maximum absolute atomic E-state index is 14.0. The molecule has 2 heterocycles. The fourth-order valence-electron chi connectivity index (χ4n) is 4.24. The third kappa shape index (κ3) is 3.99. The van der Waals surface area contributed by atoms with Crippen molar-refractivity contribution in [3.63, 3.8) is 0 Å². The van der Waals surface area contributed by atoms with Crippen LogP contribution in [0.5, 0.6) is 0 Å². The number of halogens is 2. The molecule has 0 radical (unpaired) electrons. The van der Waals surface area contributed by atoms with E-state index in [4.69, 9.17) is 0 Å². The van der Waals surface area contributed by atoms with Gasteiger partial charge in [0.25, 0.3) is 0 Å². The highest BCUT2D eigenvalue weighted by Crippen LogP contribution is 2.34. The van der Waals surface area contributed by atoms with Gasteiger partial charge < -0.3 is 4.90 Å². The lowest BCUT2D eigenvalue weighted by Crippen LogP contribution is -2.44. The maximum atomic E-state index is 14.0. The van der Waals surface area contributed by atoms with Crippen molar-refractivity contribution >= 4 is 27.4 Å². The number of nitrogens with zero attached hydrogens (tertiary/aromatic N) is 2. The first-order valence-corrected chi connectivity index (χ1v) is 11.5. The predicted molar refractivity (Wildman–Crippen MR) is 110 cm³/mol. The van der Waals surface area contributed by atoms with Crippen LogP contribution < -0.4 is 4.90 Å². The number of ketones is 1. The van der Waals surface area contributed by atoms with Crippen molar-refractivity contribution < 1.29 is 26.8 Å². The van der Waals surface area contributed by atoms with Gasteiger partial charge in [-0.25, -0.2) is 17.2 Å². The monoisotopic (exact) mass is 448 g/mol. The number of amides is 1. The van der Waals surface area contributed by atoms with Gasteiger partial charge in [-0.1, -0.05) is 12.1 Å². The zero-order chi connectivity index (χ0) is 22.3. The zero-order valence-corrected chi connectivity index (χ0v) is 17.8. The van der Waals surface area contributed by atoms with E-state index in [-0.39, 0.29) is 41.9 Å². The molecular formula is C22H22F2N2O4S. The molecule has 0 spiro atoms. The molecule has 0 unspecified atom stereocenters. The molecule has 6 nitrogen and oxygen atoms in total. The summed E-state index contributed by atoms with van der Waals surface area (Å²) < 4.78 is 54.9. The van der Waals surface area contributed by atoms with Gasteiger partial charge in [-0.3, -0.25) is 9.59 Å². The molecule has 2 aliphatic rings. The number of piperidine rings is 1. The van der Waals surface area contributed by atoms with Crippen molar-refractivity contribution in [1.82, 2.24) is 4.31 Å². The van der Waals surface area contributed by atoms with Crippen LogP contribution in [0, 0.1) is 17.6 Å². The zero-order valence-electron chi connectivity index (χ0n) is 17.0. The Bertz CT molecular complexity index is 1160. The first-order valence-electron chi connectivity index (χ1n) is 10.1. The van der Waals surface area contributed by atoms with Gasteiger partial charge in [-0.2, -0.15) is 4.31 Å². The van der Waals surface area contributed by atoms with Crippen LogP contribution in [0.3, 0.4) is 0 Å². The Morgan fingerprint density at radius 2 is 1.74 bits per heavy atom. The molecule has 0 aromatic heterocycles. The van der Waals surface area contributed by atoms with Gasteiger partial charge in [0.1, 0.15) is 11.6 Å². The van der Waals surface area contributed by atoms with Crippen LogP contribution >= 0.6 is 0 Å². The summed E-state index contributed by atoms with van der Waals surface area (Å²) in [6.45, 7) is 1.96. The third-order valence-electron chi connectivity index (χ3n) is 5.96. The highest BCUT2D eigenvalue weighted by molar-refractivity contribution is 7.89. The smallest absolute Gasteiger partial charge is 0.243 e. The Balaban J connectivity index is 1.47. The van der Waals surface area contributed by atoms with Crippen molar-refractivity contribution in [3.05, 3.63) is 59.2 Å². The molecule has 31 heavy (non-hydrogen) atoms. The van der Waals surface area contributed by atoms with E-state index >= 15 is 0 Å². The van der Waals surface area contributed by atoms with E-state index in [9.17, 15) is 26.8 Å². The summed E-state index contributed by atoms with van der Waals surface area (Å²) >= 11 is 0. The van der Waals surface area contributed by atoms with Gasteiger partial charge in [0, 0.05) is 42.7 Å². The minimum absolute atomic E-state index is 0.0457. The fourth-order valence-corrected chi connectivity index (χ4v) is 5.76. The second-order valence-electron chi connectivity index (χ2n) is 7.89. The number of Topliss-reactive ketones (excluding diaryl/α,β-unsaturated/α-hetero) is 1. The molecule has 164 valence electrons. The molecule has 0 atom stereocenters. The van der Waals surface area contributed by atoms with Gasteiger partial charge in [-0.15, -0.1) is 0 Å². The second-order valence-corrected chi connectivity index (χ2v) is 9.83. The first kappa shape index (κ1) is 21.6. The van der Waals surface area contributed by atoms with Gasteiger partial charge in [-0.05, 0) is 44.4 Å². The minimum Gasteiger partial charge on any atom is -0.311 e. The molecule has 1 amide bonds. The molecule has 0 bridgehead atoms. The second kappa shape index (κ2) is 8.12. The largest absolute Gasteiger partial charge is 0.311 e. The van der Waals surface area contributed by atoms with Crippen LogP contribution in [0.15, 0.2) is 41.3 Å². The highest BCUT2D eigenvalue weighted by Gasteiger charge is 2.36. The van der Waals surface area contributed by atoms with E-state index < -0.39 is 27.6 Å². The van der Waals surface area contributed by atoms with E-state index in [1.54, 1.807) is 6.07 Å². The van der Waals surface area contributed by atoms with Crippen LogP contribution in [0.2, 0.25) is 0 Å². The number of rotatable bonds is 4. The summed E-state index contributed by atoms with van der Waals surface area (Å²) in [5.41, 5.74) is 0.914. The van der Waals surface area contributed by atoms with Crippen molar-refractivity contribution in [2.75, 3.05) is 24.5 Å². The number of carbonyl (C=O) groups excluding carboxylic acids is 2. The molecule has 2 aliphatic heterocycles. The normalized spacial score (nSPS) is 17.6. The summed E-state index contributed by atoms with van der Waals surface area (Å²) in [6, 6.07) is 7.89. The lowest BCUT2D eigenvalue weighted by atomic mass is 9.96. The Labute approximate surface area is 179 Å². The van der Waals surface area contributed by atoms with Crippen molar-refractivity contribution in [2.24, 2.45) is 5.92 Å². The number of fused-ring (bicyclic) bond motifs is 1. The highest BCUT2D eigenvalue weighted by atomic mass is 32.2. The summed E-state index contributed by atoms with van der Waals surface area (Å²) in [4.78, 5) is 26.0. The van der Waals surface area contributed by atoms with Crippen molar-refractivity contribution in [1.29, 1.82) is 0 Å². The van der Waals surface area contributed by atoms with Crippen molar-refractivity contribution in [2.45, 2.75) is 31.1 Å². The number of anilines is 1. The molecule has 0 N–H and O–H groups in total. The molecular weight excluding hydrogens is 426 g/mol. The molecule has 1 saturated heterocycles. The standard InChI is InChI=1S/C22H22F2N2O4S/c1-14(27)16-3-2-4-18(11-16)31(29,30)25-8-5-15(6-9-25)22(28)26-10-7-19-20(24)12-17(23)13-21(19)26/h2-4,11-13,15H,5-10H2,1H3. The molecule has 4 rings (SSSR count). The molecule has 1 fully saturated rings. The van der Waals surface area contributed by atoms with Crippen LogP contribution in [-0.2, 0) is 21.2 Å². The quantitative estimate of drug-likeness (QED) is 0.674. The van der Waals surface area contributed by atoms with E-state index in [1.165, 1.54) is 40.4 Å². The van der Waals surface area contributed by atoms with Crippen LogP contribution in [0.25, 0.3) is 0 Å². The van der Waals surface area contributed by atoms with Crippen LogP contribution in [-0.4, -0.2) is 44.0 Å². The summed E-state index contributed by atoms with van der Waals surface area (Å²) in [5.74, 6) is -2.27. The average molecular weight is 448 g/mol. The van der Waals surface area contributed by atoms with E-state index in [1.807, 2.05) is 0 Å². The number of hydrogen-bond acceptors (Lipinski definition) is 4. The average Bonchev–Trinajstić information content (AvgIpc) is 3.17. The Morgan fingerprint density at radius 3 is 2.42 bits per heavy atom. The van der Waals surface area contributed by atoms with E-state index in [0.29, 0.717) is 30.4 Å². The number of carbonyl (C=O) groups is 2. The first-order chi connectivity index (χ1) is 14.7. The van der Waals surface area contributed by atoms with Crippen LogP contribution in [0.1, 0.15) is 35.7 Å². The van der Waals surface area contributed by atoms with E-state index in [2.05, 4.69) is 0 Å². The Kier molecular flexibility index (Phi) is 5.65. The molecule has 0 saturated carbocycles. The molecule has 0 aliphatic carbocycles. The molecule has 2 aromatic carbocycles. The fraction of sp³-hybridized carbons (Fsp3) is 0.364. The molecule has 9 heteroatoms. The SMILES string of the molecule is CC(=O)c1cccc(S(=O)(=O)N2CCC(C(=O)N3CCc4c(F)cc(F)cc43)CC2)c1. The summed E-state index contributed by atoms with van der Waals surface area (Å²) in [6.07, 6.45) is 0.953.